The minimum Gasteiger partial charge on any atom is -0.494 e. The topological polar surface area (TPSA) is 31.2 Å². The van der Waals surface area contributed by atoms with Crippen molar-refractivity contribution in [3.05, 3.63) is 62.5 Å². The van der Waals surface area contributed by atoms with Crippen molar-refractivity contribution in [3.8, 4) is 5.75 Å². The zero-order valence-corrected chi connectivity index (χ0v) is 13.3. The first-order chi connectivity index (χ1) is 10.1. The lowest BCUT2D eigenvalue weighted by atomic mass is 10.2. The van der Waals surface area contributed by atoms with Gasteiger partial charge in [0.2, 0.25) is 0 Å². The number of rotatable bonds is 6. The molecule has 0 radical (unpaired) electrons. The molecule has 112 valence electrons. The summed E-state index contributed by atoms with van der Waals surface area (Å²) in [7, 11) is 0. The number of hydrogen-bond acceptors (Lipinski definition) is 2. The maximum atomic E-state index is 11.8. The first kappa shape index (κ1) is 15.9. The largest absolute Gasteiger partial charge is 0.494 e. The van der Waals surface area contributed by atoms with Crippen LogP contribution in [0.4, 0.5) is 0 Å². The van der Waals surface area contributed by atoms with Crippen LogP contribution < -0.4 is 10.3 Å². The molecule has 3 nitrogen and oxygen atoms in total. The van der Waals surface area contributed by atoms with Gasteiger partial charge in [0.25, 0.3) is 5.56 Å². The van der Waals surface area contributed by atoms with E-state index < -0.39 is 0 Å². The van der Waals surface area contributed by atoms with Gasteiger partial charge in [-0.15, -0.1) is 0 Å². The maximum absolute atomic E-state index is 11.8. The summed E-state index contributed by atoms with van der Waals surface area (Å²) in [6, 6.07) is 9.48. The Morgan fingerprint density at radius 2 is 1.90 bits per heavy atom. The summed E-state index contributed by atoms with van der Waals surface area (Å²) in [4.78, 5) is 11.8. The van der Waals surface area contributed by atoms with Crippen LogP contribution in [0.25, 0.3) is 0 Å². The maximum Gasteiger partial charge on any atom is 0.269 e. The van der Waals surface area contributed by atoms with Gasteiger partial charge in [-0.1, -0.05) is 42.3 Å². The number of aromatic nitrogens is 1. The fourth-order valence-electron chi connectivity index (χ4n) is 1.98. The number of ether oxygens (including phenoxy) is 1. The van der Waals surface area contributed by atoms with Crippen molar-refractivity contribution in [2.75, 3.05) is 6.61 Å². The van der Waals surface area contributed by atoms with Crippen molar-refractivity contribution in [1.29, 1.82) is 0 Å². The molecule has 0 fully saturated rings. The third-order valence-corrected chi connectivity index (χ3v) is 3.63. The standard InChI is InChI=1S/C16H17Cl2NO2/c1-2-12-4-6-14(7-5-12)21-9-3-8-19-11-13(17)10-15(18)16(19)20/h4-7,10-11H,2-3,8-9H2,1H3. The summed E-state index contributed by atoms with van der Waals surface area (Å²) in [6.07, 6.45) is 3.30. The molecule has 0 aliphatic carbocycles. The molecule has 1 aromatic carbocycles. The number of pyridine rings is 1. The number of nitrogens with zero attached hydrogens (tertiary/aromatic N) is 1. The SMILES string of the molecule is CCc1ccc(OCCCn2cc(Cl)cc(Cl)c2=O)cc1. The Balaban J connectivity index is 1.86. The van der Waals surface area contributed by atoms with E-state index in [1.807, 2.05) is 12.1 Å². The van der Waals surface area contributed by atoms with Crippen LogP contribution in [-0.2, 0) is 13.0 Å². The average molecular weight is 326 g/mol. The normalized spacial score (nSPS) is 10.6. The smallest absolute Gasteiger partial charge is 0.269 e. The van der Waals surface area contributed by atoms with Crippen LogP contribution in [0.2, 0.25) is 10.0 Å². The molecule has 5 heteroatoms. The minimum atomic E-state index is -0.228. The fraction of sp³-hybridized carbons (Fsp3) is 0.312. The molecule has 0 aliphatic heterocycles. The molecular formula is C16H17Cl2NO2. The average Bonchev–Trinajstić information content (AvgIpc) is 2.49. The molecular weight excluding hydrogens is 309 g/mol. The predicted octanol–water partition coefficient (Wildman–Crippen LogP) is 4.19. The van der Waals surface area contributed by atoms with E-state index >= 15 is 0 Å². The van der Waals surface area contributed by atoms with Gasteiger partial charge in [0.05, 0.1) is 11.6 Å². The van der Waals surface area contributed by atoms with Crippen LogP contribution in [0.3, 0.4) is 0 Å². The Morgan fingerprint density at radius 3 is 2.57 bits per heavy atom. The second-order valence-corrected chi connectivity index (χ2v) is 5.55. The van der Waals surface area contributed by atoms with Crippen molar-refractivity contribution in [2.45, 2.75) is 26.3 Å². The van der Waals surface area contributed by atoms with Gasteiger partial charge >= 0.3 is 0 Å². The van der Waals surface area contributed by atoms with E-state index in [2.05, 4.69) is 19.1 Å². The molecule has 0 unspecified atom stereocenters. The lowest BCUT2D eigenvalue weighted by Gasteiger charge is -2.09. The summed E-state index contributed by atoms with van der Waals surface area (Å²) in [5.41, 5.74) is 1.05. The molecule has 21 heavy (non-hydrogen) atoms. The minimum absolute atomic E-state index is 0.138. The highest BCUT2D eigenvalue weighted by Crippen LogP contribution is 2.13. The molecule has 2 aromatic rings. The Bertz CT molecular complexity index is 650. The van der Waals surface area contributed by atoms with Crippen LogP contribution in [0.1, 0.15) is 18.9 Å². The van der Waals surface area contributed by atoms with Crippen molar-refractivity contribution in [2.24, 2.45) is 0 Å². The highest BCUT2D eigenvalue weighted by Gasteiger charge is 2.03. The van der Waals surface area contributed by atoms with Crippen LogP contribution >= 0.6 is 23.2 Å². The molecule has 0 saturated carbocycles. The third kappa shape index (κ3) is 4.51. The van der Waals surface area contributed by atoms with Gasteiger partial charge < -0.3 is 9.30 Å². The van der Waals surface area contributed by atoms with E-state index in [-0.39, 0.29) is 10.6 Å². The quantitative estimate of drug-likeness (QED) is 0.746. The summed E-state index contributed by atoms with van der Waals surface area (Å²) in [6.45, 7) is 3.16. The monoisotopic (exact) mass is 325 g/mol. The fourth-order valence-corrected chi connectivity index (χ4v) is 2.49. The van der Waals surface area contributed by atoms with E-state index in [1.165, 1.54) is 16.2 Å². The van der Waals surface area contributed by atoms with Crippen LogP contribution in [-0.4, -0.2) is 11.2 Å². The first-order valence-electron chi connectivity index (χ1n) is 6.87. The Kier molecular flexibility index (Phi) is 5.71. The van der Waals surface area contributed by atoms with Gasteiger partial charge in [-0.05, 0) is 36.6 Å². The lowest BCUT2D eigenvalue weighted by molar-refractivity contribution is 0.301. The lowest BCUT2D eigenvalue weighted by Crippen LogP contribution is -2.20. The highest BCUT2D eigenvalue weighted by atomic mass is 35.5. The molecule has 2 rings (SSSR count). The van der Waals surface area contributed by atoms with Gasteiger partial charge in [-0.2, -0.15) is 0 Å². The molecule has 0 saturated heterocycles. The van der Waals surface area contributed by atoms with Gasteiger partial charge in [0.15, 0.2) is 0 Å². The summed E-state index contributed by atoms with van der Waals surface area (Å²) in [5.74, 6) is 0.837. The zero-order chi connectivity index (χ0) is 15.2. The second-order valence-electron chi connectivity index (χ2n) is 4.70. The summed E-state index contributed by atoms with van der Waals surface area (Å²) < 4.78 is 7.15. The number of halogens is 2. The first-order valence-corrected chi connectivity index (χ1v) is 7.63. The van der Waals surface area contributed by atoms with Gasteiger partial charge in [0.1, 0.15) is 10.8 Å². The molecule has 0 aliphatic rings. The molecule has 0 spiro atoms. The van der Waals surface area contributed by atoms with E-state index in [1.54, 1.807) is 6.20 Å². The van der Waals surface area contributed by atoms with E-state index in [0.29, 0.717) is 24.6 Å². The van der Waals surface area contributed by atoms with Crippen molar-refractivity contribution in [1.82, 2.24) is 4.57 Å². The Labute approximate surface area is 134 Å². The van der Waals surface area contributed by atoms with Crippen molar-refractivity contribution < 1.29 is 4.74 Å². The van der Waals surface area contributed by atoms with Crippen LogP contribution in [0.15, 0.2) is 41.3 Å². The number of hydrogen-bond donors (Lipinski definition) is 0. The molecule has 0 amide bonds. The van der Waals surface area contributed by atoms with E-state index in [4.69, 9.17) is 27.9 Å². The van der Waals surface area contributed by atoms with Gasteiger partial charge in [-0.3, -0.25) is 4.79 Å². The van der Waals surface area contributed by atoms with Crippen molar-refractivity contribution in [3.63, 3.8) is 0 Å². The molecule has 0 bridgehead atoms. The Hall–Kier alpha value is -1.45. The second kappa shape index (κ2) is 7.53. The van der Waals surface area contributed by atoms with Gasteiger partial charge in [0, 0.05) is 12.7 Å². The van der Waals surface area contributed by atoms with Crippen LogP contribution in [0, 0.1) is 0 Å². The molecule has 0 N–H and O–H groups in total. The number of benzene rings is 1. The van der Waals surface area contributed by atoms with Crippen LogP contribution in [0.5, 0.6) is 5.75 Å². The summed E-state index contributed by atoms with van der Waals surface area (Å²) >= 11 is 11.7. The third-order valence-electron chi connectivity index (χ3n) is 3.15. The molecule has 1 aromatic heterocycles. The number of aryl methyl sites for hydroxylation is 2. The summed E-state index contributed by atoms with van der Waals surface area (Å²) in [5, 5.41) is 0.592. The zero-order valence-electron chi connectivity index (χ0n) is 11.8. The van der Waals surface area contributed by atoms with E-state index in [0.717, 1.165) is 12.2 Å². The highest BCUT2D eigenvalue weighted by molar-refractivity contribution is 6.34. The molecule has 1 heterocycles. The van der Waals surface area contributed by atoms with Crippen molar-refractivity contribution >= 4 is 23.2 Å². The Morgan fingerprint density at radius 1 is 1.19 bits per heavy atom. The van der Waals surface area contributed by atoms with E-state index in [9.17, 15) is 4.79 Å². The molecule has 0 atom stereocenters. The predicted molar refractivity (Wildman–Crippen MR) is 86.7 cm³/mol. The van der Waals surface area contributed by atoms with Gasteiger partial charge in [-0.25, -0.2) is 0 Å².